The zero-order valence-corrected chi connectivity index (χ0v) is 18.0. The Morgan fingerprint density at radius 1 is 0.941 bits per heavy atom. The Bertz CT molecular complexity index is 1740. The van der Waals surface area contributed by atoms with Crippen LogP contribution in [0, 0.1) is 0 Å². The van der Waals surface area contributed by atoms with Gasteiger partial charge in [-0.05, 0) is 53.6 Å². The number of nitrogens with zero attached hydrogens (tertiary/aromatic N) is 2. The van der Waals surface area contributed by atoms with Crippen molar-refractivity contribution in [2.45, 2.75) is 11.1 Å². The molecular weight excluding hydrogens is 469 g/mol. The smallest absolute Gasteiger partial charge is 0.304 e. The standard InChI is InChI=1S/C23H15F3N4O3S/c24-23(25,26)15-2-1-3-16(11-15)30-21-18-10-14(13-4-7-17(8-5-13)34(27,32)33)6-9-19(18)28-12-20(21)29-22(30)31/h1-12H,(H,29,31)(H2,27,32,33). The van der Waals surface area contributed by atoms with Crippen molar-refractivity contribution >= 4 is 32.0 Å². The summed E-state index contributed by atoms with van der Waals surface area (Å²) in [6.07, 6.45) is -3.12. The van der Waals surface area contributed by atoms with Crippen molar-refractivity contribution in [1.29, 1.82) is 0 Å². The summed E-state index contributed by atoms with van der Waals surface area (Å²) in [5.41, 5.74) is 1.20. The molecule has 0 amide bonds. The third-order valence-electron chi connectivity index (χ3n) is 5.46. The number of aromatic amines is 1. The number of primary sulfonamides is 1. The number of H-pyrrole nitrogens is 1. The lowest BCUT2D eigenvalue weighted by Gasteiger charge is -2.11. The van der Waals surface area contributed by atoms with Crippen molar-refractivity contribution in [2.75, 3.05) is 0 Å². The zero-order chi connectivity index (χ0) is 24.3. The van der Waals surface area contributed by atoms with Gasteiger partial charge in [-0.1, -0.05) is 24.3 Å². The van der Waals surface area contributed by atoms with Crippen LogP contribution in [0.5, 0.6) is 0 Å². The maximum absolute atomic E-state index is 13.3. The van der Waals surface area contributed by atoms with E-state index in [1.54, 1.807) is 30.3 Å². The second-order valence-electron chi connectivity index (χ2n) is 7.64. The molecule has 172 valence electrons. The first kappa shape index (κ1) is 21.9. The molecule has 5 aromatic rings. The van der Waals surface area contributed by atoms with E-state index in [0.717, 1.165) is 12.1 Å². The quantitative estimate of drug-likeness (QED) is 0.400. The second kappa shape index (κ2) is 7.54. The molecule has 0 unspecified atom stereocenters. The van der Waals surface area contributed by atoms with E-state index in [-0.39, 0.29) is 10.6 Å². The average Bonchev–Trinajstić information content (AvgIpc) is 3.14. The van der Waals surface area contributed by atoms with Gasteiger partial charge in [0.05, 0.1) is 38.9 Å². The van der Waals surface area contributed by atoms with Gasteiger partial charge in [0.2, 0.25) is 10.0 Å². The van der Waals surface area contributed by atoms with E-state index in [4.69, 9.17) is 5.14 Å². The van der Waals surface area contributed by atoms with Crippen LogP contribution >= 0.6 is 0 Å². The van der Waals surface area contributed by atoms with E-state index >= 15 is 0 Å². The Hall–Kier alpha value is -3.96. The van der Waals surface area contributed by atoms with E-state index in [9.17, 15) is 26.4 Å². The fourth-order valence-electron chi connectivity index (χ4n) is 3.87. The van der Waals surface area contributed by atoms with Gasteiger partial charge in [0.1, 0.15) is 0 Å². The zero-order valence-electron chi connectivity index (χ0n) is 17.2. The van der Waals surface area contributed by atoms with E-state index in [1.807, 2.05) is 0 Å². The van der Waals surface area contributed by atoms with Crippen LogP contribution in [0.3, 0.4) is 0 Å². The van der Waals surface area contributed by atoms with Crippen LogP contribution in [-0.2, 0) is 16.2 Å². The summed E-state index contributed by atoms with van der Waals surface area (Å²) >= 11 is 0. The van der Waals surface area contributed by atoms with Crippen LogP contribution in [0.25, 0.3) is 38.8 Å². The van der Waals surface area contributed by atoms with Gasteiger partial charge in [-0.25, -0.2) is 18.4 Å². The Balaban J connectivity index is 1.74. The number of nitrogens with one attached hydrogen (secondary N) is 1. The lowest BCUT2D eigenvalue weighted by atomic mass is 10.0. The number of aromatic nitrogens is 3. The number of sulfonamides is 1. The summed E-state index contributed by atoms with van der Waals surface area (Å²) in [6.45, 7) is 0. The Labute approximate surface area is 190 Å². The summed E-state index contributed by atoms with van der Waals surface area (Å²) in [6, 6.07) is 15.7. The van der Waals surface area contributed by atoms with Crippen molar-refractivity contribution in [1.82, 2.24) is 14.5 Å². The van der Waals surface area contributed by atoms with Crippen molar-refractivity contribution in [3.05, 3.63) is 89.0 Å². The van der Waals surface area contributed by atoms with Gasteiger partial charge >= 0.3 is 11.9 Å². The molecule has 5 rings (SSSR count). The van der Waals surface area contributed by atoms with Gasteiger partial charge in [-0.15, -0.1) is 0 Å². The molecule has 0 saturated carbocycles. The molecule has 0 saturated heterocycles. The van der Waals surface area contributed by atoms with Crippen LogP contribution in [-0.4, -0.2) is 23.0 Å². The number of pyridine rings is 1. The van der Waals surface area contributed by atoms with E-state index in [0.29, 0.717) is 33.1 Å². The van der Waals surface area contributed by atoms with Crippen LogP contribution < -0.4 is 10.8 Å². The number of rotatable bonds is 3. The Morgan fingerprint density at radius 2 is 1.65 bits per heavy atom. The predicted octanol–water partition coefficient (Wildman–Crippen LogP) is 4.20. The first-order chi connectivity index (χ1) is 16.0. The lowest BCUT2D eigenvalue weighted by molar-refractivity contribution is -0.137. The van der Waals surface area contributed by atoms with Crippen molar-refractivity contribution in [3.8, 4) is 16.8 Å². The Kier molecular flexibility index (Phi) is 4.85. The number of nitrogens with two attached hydrogens (primary N) is 1. The highest BCUT2D eigenvalue weighted by Crippen LogP contribution is 2.32. The topological polar surface area (TPSA) is 111 Å². The third kappa shape index (κ3) is 3.74. The summed E-state index contributed by atoms with van der Waals surface area (Å²) in [7, 11) is -3.85. The van der Waals surface area contributed by atoms with Crippen molar-refractivity contribution in [2.24, 2.45) is 5.14 Å². The number of fused-ring (bicyclic) bond motifs is 3. The average molecular weight is 484 g/mol. The molecule has 11 heteroatoms. The number of alkyl halides is 3. The maximum atomic E-state index is 13.3. The van der Waals surface area contributed by atoms with Crippen LogP contribution in [0.15, 0.2) is 82.6 Å². The lowest BCUT2D eigenvalue weighted by Crippen LogP contribution is -2.15. The summed E-state index contributed by atoms with van der Waals surface area (Å²) in [5, 5.41) is 5.68. The highest BCUT2D eigenvalue weighted by atomic mass is 32.2. The van der Waals surface area contributed by atoms with Crippen molar-refractivity contribution < 1.29 is 21.6 Å². The van der Waals surface area contributed by atoms with Crippen molar-refractivity contribution in [3.63, 3.8) is 0 Å². The van der Waals surface area contributed by atoms with Gasteiger partial charge in [0.15, 0.2) is 0 Å². The van der Waals surface area contributed by atoms with Crippen LogP contribution in [0.1, 0.15) is 5.56 Å². The van der Waals surface area contributed by atoms with Crippen LogP contribution in [0.4, 0.5) is 13.2 Å². The highest BCUT2D eigenvalue weighted by molar-refractivity contribution is 7.89. The minimum Gasteiger partial charge on any atom is -0.304 e. The fraction of sp³-hybridized carbons (Fsp3) is 0.0435. The molecule has 0 spiro atoms. The number of halogens is 3. The first-order valence-electron chi connectivity index (χ1n) is 9.87. The van der Waals surface area contributed by atoms with E-state index in [1.165, 1.54) is 35.0 Å². The molecule has 0 aliphatic heterocycles. The monoisotopic (exact) mass is 484 g/mol. The Morgan fingerprint density at radius 3 is 2.32 bits per heavy atom. The molecule has 2 aromatic heterocycles. The van der Waals surface area contributed by atoms with Gasteiger partial charge in [0, 0.05) is 5.39 Å². The molecule has 0 aliphatic carbocycles. The molecule has 7 nitrogen and oxygen atoms in total. The summed E-state index contributed by atoms with van der Waals surface area (Å²) in [5.74, 6) is 0. The molecular formula is C23H15F3N4O3S. The largest absolute Gasteiger partial charge is 0.416 e. The molecule has 34 heavy (non-hydrogen) atoms. The summed E-state index contributed by atoms with van der Waals surface area (Å²) < 4.78 is 64.0. The third-order valence-corrected chi connectivity index (χ3v) is 6.38. The predicted molar refractivity (Wildman–Crippen MR) is 121 cm³/mol. The molecule has 2 heterocycles. The number of benzene rings is 3. The van der Waals surface area contributed by atoms with Gasteiger partial charge in [-0.2, -0.15) is 13.2 Å². The molecule has 0 atom stereocenters. The SMILES string of the molecule is NS(=O)(=O)c1ccc(-c2ccc3ncc4[nH]c(=O)n(-c5cccc(C(F)(F)F)c5)c4c3c2)cc1. The summed E-state index contributed by atoms with van der Waals surface area (Å²) in [4.78, 5) is 19.7. The minimum atomic E-state index is -4.56. The maximum Gasteiger partial charge on any atom is 0.416 e. The van der Waals surface area contributed by atoms with E-state index < -0.39 is 27.5 Å². The normalized spacial score (nSPS) is 12.5. The second-order valence-corrected chi connectivity index (χ2v) is 9.20. The first-order valence-corrected chi connectivity index (χ1v) is 11.4. The molecule has 3 aromatic carbocycles. The number of hydrogen-bond acceptors (Lipinski definition) is 4. The van der Waals surface area contributed by atoms with Gasteiger partial charge in [-0.3, -0.25) is 9.55 Å². The van der Waals surface area contributed by atoms with Gasteiger partial charge < -0.3 is 4.98 Å². The fourth-order valence-corrected chi connectivity index (χ4v) is 4.38. The molecule has 0 aliphatic rings. The van der Waals surface area contributed by atoms with E-state index in [2.05, 4.69) is 9.97 Å². The van der Waals surface area contributed by atoms with Gasteiger partial charge in [0.25, 0.3) is 0 Å². The molecule has 3 N–H and O–H groups in total. The molecule has 0 fully saturated rings. The number of hydrogen-bond donors (Lipinski definition) is 2. The molecule has 0 radical (unpaired) electrons. The molecule has 0 bridgehead atoms. The minimum absolute atomic E-state index is 0.0369. The number of imidazole rings is 1. The highest BCUT2D eigenvalue weighted by Gasteiger charge is 2.30. The van der Waals surface area contributed by atoms with Crippen LogP contribution in [0.2, 0.25) is 0 Å².